The molecule has 6 N–H and O–H groups in total. The summed E-state index contributed by atoms with van der Waals surface area (Å²) in [6, 6.07) is -1.33. The molecule has 6 heterocycles. The molecule has 244 valence electrons. The molecule has 0 spiro atoms. The second kappa shape index (κ2) is 12.2. The molecule has 2 unspecified atom stereocenters. The van der Waals surface area contributed by atoms with Gasteiger partial charge in [-0.05, 0) is 31.4 Å². The Morgan fingerprint density at radius 3 is 2.70 bits per heavy atom. The number of hydrogen-bond acceptors (Lipinski definition) is 16. The number of ether oxygens (including phenoxy) is 1. The van der Waals surface area contributed by atoms with Crippen molar-refractivity contribution >= 4 is 58.7 Å². The highest BCUT2D eigenvalue weighted by Gasteiger charge is 2.53. The maximum atomic E-state index is 13.4. The van der Waals surface area contributed by atoms with Crippen LogP contribution >= 0.6 is 23.7 Å². The van der Waals surface area contributed by atoms with Gasteiger partial charge in [0, 0.05) is 42.9 Å². The van der Waals surface area contributed by atoms with Gasteiger partial charge in [0.2, 0.25) is 5.91 Å². The lowest BCUT2D eigenvalue weighted by molar-refractivity contribution is -0.301. The standard InChI is InChI=1S/C26H28N8O10S2/c1-10-14(44-26(41)43-10)8-42-25(40)32-4-3-13(7-32)33-5-2-11(20(33)36)6-12-9-45-22-16(21(37)34(22)17(12)23(38)39)29-19(35)15(27)18-30-24(28)46-31-18/h6,13,16,22,31H,2-5,7-9,27H2,1H3,(H2,28,30)(H,29,35)(H,38,39)/p-1/b11-6+,18-15-/t13?,16-,22?/m1/s1. The number of rotatable bonds is 7. The van der Waals surface area contributed by atoms with Gasteiger partial charge in [0.05, 0.1) is 17.7 Å². The molecule has 0 radical (unpaired) electrons. The van der Waals surface area contributed by atoms with Crippen LogP contribution in [0.1, 0.15) is 24.4 Å². The van der Waals surface area contributed by atoms with Gasteiger partial charge >= 0.3 is 11.9 Å². The minimum absolute atomic E-state index is 0.0429. The first-order valence-electron chi connectivity index (χ1n) is 13.9. The number of amides is 4. The van der Waals surface area contributed by atoms with Crippen LogP contribution in [0.2, 0.25) is 0 Å². The maximum absolute atomic E-state index is 13.4. The summed E-state index contributed by atoms with van der Waals surface area (Å²) in [5.74, 6) is -3.73. The molecular formula is C26H27N8O10S2-. The van der Waals surface area contributed by atoms with Gasteiger partial charge in [0.25, 0.3) is 11.8 Å². The smallest absolute Gasteiger partial charge is 0.519 e. The number of fused-ring (bicyclic) bond motifs is 1. The Morgan fingerprint density at radius 2 is 2.02 bits per heavy atom. The fourth-order valence-corrected chi connectivity index (χ4v) is 7.45. The Balaban J connectivity index is 1.09. The summed E-state index contributed by atoms with van der Waals surface area (Å²) in [7, 11) is 0. The Kier molecular flexibility index (Phi) is 8.23. The number of amidine groups is 1. The number of aliphatic carboxylic acids is 1. The van der Waals surface area contributed by atoms with E-state index in [0.717, 1.165) is 16.8 Å². The first-order chi connectivity index (χ1) is 21.9. The average Bonchev–Trinajstić information content (AvgIpc) is 3.82. The van der Waals surface area contributed by atoms with Crippen LogP contribution in [0.4, 0.5) is 4.79 Å². The number of likely N-dealkylation sites (tertiary alicyclic amines) is 2. The van der Waals surface area contributed by atoms with Crippen LogP contribution in [0.15, 0.2) is 53.1 Å². The molecule has 1 aromatic rings. The summed E-state index contributed by atoms with van der Waals surface area (Å²) in [5, 5.41) is 14.2. The zero-order chi connectivity index (χ0) is 32.9. The molecule has 5 aliphatic rings. The zero-order valence-electron chi connectivity index (χ0n) is 24.1. The van der Waals surface area contributed by atoms with E-state index in [9.17, 15) is 33.9 Å². The molecule has 1 aromatic heterocycles. The molecule has 46 heavy (non-hydrogen) atoms. The number of aliphatic imine (C=N–C) groups is 1. The number of carbonyl (C=O) groups excluding carboxylic acids is 5. The largest absolute Gasteiger partial charge is 0.543 e. The van der Waals surface area contributed by atoms with Gasteiger partial charge in [-0.1, -0.05) is 0 Å². The van der Waals surface area contributed by atoms with E-state index < -0.39 is 41.1 Å². The third-order valence-electron chi connectivity index (χ3n) is 7.98. The lowest BCUT2D eigenvalue weighted by atomic mass is 10.0. The molecular weight excluding hydrogens is 648 g/mol. The molecule has 0 saturated carbocycles. The van der Waals surface area contributed by atoms with Gasteiger partial charge in [-0.3, -0.25) is 19.3 Å². The number of carboxylic acid groups (broad SMARTS) is 1. The lowest BCUT2D eigenvalue weighted by Gasteiger charge is -2.50. The summed E-state index contributed by atoms with van der Waals surface area (Å²) >= 11 is 2.19. The number of carboxylic acids is 1. The minimum atomic E-state index is -1.59. The molecule has 3 fully saturated rings. The highest BCUT2D eigenvalue weighted by atomic mass is 32.2. The molecule has 0 aromatic carbocycles. The first-order valence-corrected chi connectivity index (χ1v) is 15.8. The quantitative estimate of drug-likeness (QED) is 0.132. The molecule has 18 nitrogen and oxygen atoms in total. The Hall–Kier alpha value is -4.85. The fraction of sp³-hybridized carbons (Fsp3) is 0.423. The minimum Gasteiger partial charge on any atom is -0.543 e. The van der Waals surface area contributed by atoms with Crippen LogP contribution in [-0.4, -0.2) is 92.5 Å². The third kappa shape index (κ3) is 5.68. The molecule has 4 amide bonds. The summed E-state index contributed by atoms with van der Waals surface area (Å²) < 4.78 is 17.5. The van der Waals surface area contributed by atoms with E-state index in [1.54, 1.807) is 4.90 Å². The Bertz CT molecular complexity index is 1730. The number of β-lactam (4-membered cyclic amide) rings is 1. The van der Waals surface area contributed by atoms with Crippen molar-refractivity contribution in [2.75, 3.05) is 25.4 Å². The van der Waals surface area contributed by atoms with Crippen LogP contribution < -0.4 is 32.4 Å². The number of aryl methyl sites for hydroxylation is 1. The van der Waals surface area contributed by atoms with Gasteiger partial charge in [-0.25, -0.2) is 14.6 Å². The Morgan fingerprint density at radius 1 is 1.24 bits per heavy atom. The van der Waals surface area contributed by atoms with Crippen LogP contribution in [-0.2, 0) is 30.5 Å². The average molecular weight is 676 g/mol. The first kappa shape index (κ1) is 31.1. The van der Waals surface area contributed by atoms with E-state index in [0.29, 0.717) is 31.5 Å². The second-order valence-electron chi connectivity index (χ2n) is 10.7. The number of hydrogen-bond donors (Lipinski definition) is 4. The predicted octanol–water partition coefficient (Wildman–Crippen LogP) is -2.49. The van der Waals surface area contributed by atoms with Crippen molar-refractivity contribution in [1.29, 1.82) is 0 Å². The van der Waals surface area contributed by atoms with E-state index in [2.05, 4.69) is 15.0 Å². The van der Waals surface area contributed by atoms with Crippen molar-refractivity contribution in [3.63, 3.8) is 0 Å². The molecule has 3 saturated heterocycles. The van der Waals surface area contributed by atoms with E-state index in [-0.39, 0.29) is 70.3 Å². The van der Waals surface area contributed by atoms with E-state index >= 15 is 0 Å². The van der Waals surface area contributed by atoms with E-state index in [1.165, 1.54) is 29.7 Å². The van der Waals surface area contributed by atoms with Crippen LogP contribution in [0, 0.1) is 6.92 Å². The topological polar surface area (TPSA) is 259 Å². The van der Waals surface area contributed by atoms with Gasteiger partial charge in [0.1, 0.15) is 17.1 Å². The van der Waals surface area contributed by atoms with Crippen molar-refractivity contribution in [2.45, 2.75) is 43.8 Å². The van der Waals surface area contributed by atoms with E-state index in [1.807, 2.05) is 0 Å². The van der Waals surface area contributed by atoms with Crippen LogP contribution in [0.3, 0.4) is 0 Å². The number of nitrogens with zero attached hydrogens (tertiary/aromatic N) is 4. The molecule has 3 atom stereocenters. The van der Waals surface area contributed by atoms with Crippen molar-refractivity contribution in [1.82, 2.24) is 24.7 Å². The summed E-state index contributed by atoms with van der Waals surface area (Å²) in [6.45, 7) is 2.16. The number of nitrogens with two attached hydrogens (primary N) is 2. The van der Waals surface area contributed by atoms with Gasteiger partial charge < -0.3 is 54.8 Å². The van der Waals surface area contributed by atoms with E-state index in [4.69, 9.17) is 25.0 Å². The van der Waals surface area contributed by atoms with Gasteiger partial charge in [-0.15, -0.1) is 11.8 Å². The van der Waals surface area contributed by atoms with Gasteiger partial charge in [-0.2, -0.15) is 0 Å². The van der Waals surface area contributed by atoms with Crippen molar-refractivity contribution in [3.05, 3.63) is 56.6 Å². The monoisotopic (exact) mass is 675 g/mol. The number of nitrogens with one attached hydrogen (secondary N) is 2. The van der Waals surface area contributed by atoms with Gasteiger partial charge in [0.15, 0.2) is 29.1 Å². The Labute approximate surface area is 268 Å². The molecule has 6 rings (SSSR count). The number of carbonyl (C=O) groups is 5. The SMILES string of the molecule is Cc1oc(=O)oc1COC(=O)N1CCC(N2CC/C(=C\C3=C(C(=O)[O-])N4C(=O)[C@@H](NC(=O)/C(N)=C5\N=C(N)SN5)C4SC3)C2=O)C1. The molecule has 0 aliphatic carbocycles. The normalized spacial score (nSPS) is 26.2. The number of thioether (sulfide) groups is 1. The van der Waals surface area contributed by atoms with Crippen molar-refractivity contribution < 1.29 is 42.7 Å². The third-order valence-corrected chi connectivity index (χ3v) is 9.88. The molecule has 0 bridgehead atoms. The number of allylic oxidation sites excluding steroid dienone is 1. The van der Waals surface area contributed by atoms with Crippen LogP contribution in [0.25, 0.3) is 0 Å². The fourth-order valence-electron chi connectivity index (χ4n) is 5.65. The maximum Gasteiger partial charge on any atom is 0.519 e. The highest BCUT2D eigenvalue weighted by molar-refractivity contribution is 8.12. The van der Waals surface area contributed by atoms with Crippen LogP contribution in [0.5, 0.6) is 0 Å². The lowest BCUT2D eigenvalue weighted by Crippen LogP contribution is -2.71. The molecule has 5 aliphatic heterocycles. The summed E-state index contributed by atoms with van der Waals surface area (Å²) in [5.41, 5.74) is 11.4. The summed E-state index contributed by atoms with van der Waals surface area (Å²) in [4.78, 5) is 83.0. The van der Waals surface area contributed by atoms with Crippen molar-refractivity contribution in [3.8, 4) is 0 Å². The second-order valence-corrected chi connectivity index (χ2v) is 12.7. The van der Waals surface area contributed by atoms with Crippen molar-refractivity contribution in [2.24, 2.45) is 16.5 Å². The predicted molar refractivity (Wildman–Crippen MR) is 157 cm³/mol. The summed E-state index contributed by atoms with van der Waals surface area (Å²) in [6.07, 6.45) is 1.68. The zero-order valence-corrected chi connectivity index (χ0v) is 25.7. The highest BCUT2D eigenvalue weighted by Crippen LogP contribution is 2.41. The molecule has 20 heteroatoms.